The summed E-state index contributed by atoms with van der Waals surface area (Å²) in [5.41, 5.74) is 3.56. The summed E-state index contributed by atoms with van der Waals surface area (Å²) in [4.78, 5) is 15.0. The van der Waals surface area contributed by atoms with Gasteiger partial charge in [0.2, 0.25) is 0 Å². The van der Waals surface area contributed by atoms with Crippen LogP contribution in [0.25, 0.3) is 0 Å². The lowest BCUT2D eigenvalue weighted by molar-refractivity contribution is 0.0986. The van der Waals surface area contributed by atoms with E-state index in [1.54, 1.807) is 30.0 Å². The number of hydrogen-bond acceptors (Lipinski definition) is 3. The predicted molar refractivity (Wildman–Crippen MR) is 105 cm³/mol. The molecule has 0 aliphatic carbocycles. The zero-order chi connectivity index (χ0) is 19.1. The van der Waals surface area contributed by atoms with E-state index in [-0.39, 0.29) is 27.5 Å². The molecule has 0 unspecified atom stereocenters. The van der Waals surface area contributed by atoms with Gasteiger partial charge < -0.3 is 4.90 Å². The number of hydrogen-bond donors (Lipinski definition) is 0. The fourth-order valence-corrected chi connectivity index (χ4v) is 4.38. The van der Waals surface area contributed by atoms with Crippen molar-refractivity contribution in [1.82, 2.24) is 0 Å². The van der Waals surface area contributed by atoms with Crippen LogP contribution in [0.1, 0.15) is 49.2 Å². The van der Waals surface area contributed by atoms with E-state index < -0.39 is 9.84 Å². The minimum Gasteiger partial charge on any atom is -0.308 e. The van der Waals surface area contributed by atoms with Gasteiger partial charge in [-0.1, -0.05) is 52.0 Å². The third-order valence-corrected chi connectivity index (χ3v) is 6.70. The lowest BCUT2D eigenvalue weighted by Gasteiger charge is -2.22. The van der Waals surface area contributed by atoms with Gasteiger partial charge in [-0.3, -0.25) is 4.79 Å². The first kappa shape index (κ1) is 18.6. The molecule has 2 aromatic rings. The molecule has 0 bridgehead atoms. The van der Waals surface area contributed by atoms with Gasteiger partial charge in [-0.05, 0) is 41.2 Å². The van der Waals surface area contributed by atoms with Crippen molar-refractivity contribution in [3.8, 4) is 0 Å². The van der Waals surface area contributed by atoms with E-state index in [1.807, 2.05) is 6.07 Å². The van der Waals surface area contributed by atoms with Gasteiger partial charge in [-0.25, -0.2) is 8.42 Å². The van der Waals surface area contributed by atoms with Gasteiger partial charge in [0.25, 0.3) is 5.91 Å². The van der Waals surface area contributed by atoms with Gasteiger partial charge in [0.05, 0.1) is 16.2 Å². The third kappa shape index (κ3) is 3.28. The minimum atomic E-state index is -3.45. The van der Waals surface area contributed by atoms with Crippen molar-refractivity contribution in [3.05, 3.63) is 59.2 Å². The number of anilines is 1. The highest BCUT2D eigenvalue weighted by Gasteiger charge is 2.30. The van der Waals surface area contributed by atoms with E-state index in [4.69, 9.17) is 0 Å². The molecule has 0 fully saturated rings. The van der Waals surface area contributed by atoms with E-state index in [1.165, 1.54) is 11.6 Å². The Kier molecular flexibility index (Phi) is 4.69. The van der Waals surface area contributed by atoms with Crippen LogP contribution in [0.15, 0.2) is 47.4 Å². The standard InChI is InChI=1S/C21H25NO3S/c1-5-26(24,25)19-9-7-6-8-17(19)20(23)22-13-12-15-14-16(21(2,3)4)10-11-18(15)22/h6-11,14H,5,12-13H2,1-4H3. The zero-order valence-electron chi connectivity index (χ0n) is 15.7. The summed E-state index contributed by atoms with van der Waals surface area (Å²) in [6, 6.07) is 12.7. The molecule has 1 heterocycles. The van der Waals surface area contributed by atoms with Gasteiger partial charge >= 0.3 is 0 Å². The Morgan fingerprint density at radius 3 is 2.46 bits per heavy atom. The fourth-order valence-electron chi connectivity index (χ4n) is 3.29. The molecular weight excluding hydrogens is 346 g/mol. The fraction of sp³-hybridized carbons (Fsp3) is 0.381. The van der Waals surface area contributed by atoms with Crippen LogP contribution >= 0.6 is 0 Å². The molecule has 0 saturated carbocycles. The lowest BCUT2D eigenvalue weighted by Crippen LogP contribution is -2.30. The molecule has 4 nitrogen and oxygen atoms in total. The maximum Gasteiger partial charge on any atom is 0.259 e. The van der Waals surface area contributed by atoms with Gasteiger partial charge in [0.15, 0.2) is 9.84 Å². The summed E-state index contributed by atoms with van der Waals surface area (Å²) >= 11 is 0. The van der Waals surface area contributed by atoms with Crippen LogP contribution in [0.4, 0.5) is 5.69 Å². The molecule has 138 valence electrons. The summed E-state index contributed by atoms with van der Waals surface area (Å²) in [7, 11) is -3.45. The number of rotatable bonds is 3. The van der Waals surface area contributed by atoms with E-state index in [9.17, 15) is 13.2 Å². The van der Waals surface area contributed by atoms with Crippen LogP contribution in [0.5, 0.6) is 0 Å². The van der Waals surface area contributed by atoms with E-state index in [0.717, 1.165) is 17.7 Å². The maximum atomic E-state index is 13.1. The highest BCUT2D eigenvalue weighted by molar-refractivity contribution is 7.91. The van der Waals surface area contributed by atoms with Crippen molar-refractivity contribution in [1.29, 1.82) is 0 Å². The Balaban J connectivity index is 2.01. The molecule has 3 rings (SSSR count). The third-order valence-electron chi connectivity index (χ3n) is 4.92. The lowest BCUT2D eigenvalue weighted by atomic mass is 9.86. The molecular formula is C21H25NO3S. The average molecular weight is 372 g/mol. The molecule has 0 saturated heterocycles. The first-order valence-corrected chi connectivity index (χ1v) is 10.6. The first-order chi connectivity index (χ1) is 12.1. The van der Waals surface area contributed by atoms with Crippen LogP contribution < -0.4 is 4.90 Å². The van der Waals surface area contributed by atoms with Crippen molar-refractivity contribution in [2.24, 2.45) is 0 Å². The van der Waals surface area contributed by atoms with Crippen molar-refractivity contribution >= 4 is 21.4 Å². The Morgan fingerprint density at radius 2 is 1.81 bits per heavy atom. The van der Waals surface area contributed by atoms with E-state index in [0.29, 0.717) is 6.54 Å². The molecule has 1 aliphatic heterocycles. The molecule has 26 heavy (non-hydrogen) atoms. The molecule has 2 aromatic carbocycles. The van der Waals surface area contributed by atoms with Crippen LogP contribution in [-0.4, -0.2) is 26.6 Å². The molecule has 0 aromatic heterocycles. The summed E-state index contributed by atoms with van der Waals surface area (Å²) in [5, 5.41) is 0. The summed E-state index contributed by atoms with van der Waals surface area (Å²) < 4.78 is 24.7. The van der Waals surface area contributed by atoms with Crippen LogP contribution in [-0.2, 0) is 21.7 Å². The molecule has 0 radical (unpaired) electrons. The monoisotopic (exact) mass is 371 g/mol. The predicted octanol–water partition coefficient (Wildman–Crippen LogP) is 3.98. The molecule has 0 spiro atoms. The maximum absolute atomic E-state index is 13.1. The van der Waals surface area contributed by atoms with E-state index >= 15 is 0 Å². The number of amides is 1. The topological polar surface area (TPSA) is 54.5 Å². The van der Waals surface area contributed by atoms with Crippen LogP contribution in [0.3, 0.4) is 0 Å². The molecule has 1 amide bonds. The van der Waals surface area contributed by atoms with Gasteiger partial charge in [-0.15, -0.1) is 0 Å². The molecule has 0 atom stereocenters. The van der Waals surface area contributed by atoms with Crippen molar-refractivity contribution in [2.45, 2.75) is 44.4 Å². The highest BCUT2D eigenvalue weighted by atomic mass is 32.2. The number of fused-ring (bicyclic) bond motifs is 1. The number of benzene rings is 2. The molecule has 1 aliphatic rings. The zero-order valence-corrected chi connectivity index (χ0v) is 16.6. The SMILES string of the molecule is CCS(=O)(=O)c1ccccc1C(=O)N1CCc2cc(C(C)(C)C)ccc21. The van der Waals surface area contributed by atoms with Crippen molar-refractivity contribution < 1.29 is 13.2 Å². The molecule has 5 heteroatoms. The largest absolute Gasteiger partial charge is 0.308 e. The van der Waals surface area contributed by atoms with Gasteiger partial charge in [0, 0.05) is 12.2 Å². The second-order valence-electron chi connectivity index (χ2n) is 7.70. The van der Waals surface area contributed by atoms with Crippen molar-refractivity contribution in [3.63, 3.8) is 0 Å². The van der Waals surface area contributed by atoms with Crippen LogP contribution in [0, 0.1) is 0 Å². The van der Waals surface area contributed by atoms with Crippen molar-refractivity contribution in [2.75, 3.05) is 17.2 Å². The summed E-state index contributed by atoms with van der Waals surface area (Å²) in [6.07, 6.45) is 0.785. The Labute approximate surface area is 155 Å². The van der Waals surface area contributed by atoms with E-state index in [2.05, 4.69) is 32.9 Å². The summed E-state index contributed by atoms with van der Waals surface area (Å²) in [5.74, 6) is -0.275. The number of carbonyl (C=O) groups is 1. The first-order valence-electron chi connectivity index (χ1n) is 8.92. The quantitative estimate of drug-likeness (QED) is 0.820. The minimum absolute atomic E-state index is 0.0250. The average Bonchev–Trinajstić information content (AvgIpc) is 3.03. The summed E-state index contributed by atoms with van der Waals surface area (Å²) in [6.45, 7) is 8.66. The molecule has 0 N–H and O–H groups in total. The highest BCUT2D eigenvalue weighted by Crippen LogP contribution is 2.34. The number of nitrogens with zero attached hydrogens (tertiary/aromatic N) is 1. The second-order valence-corrected chi connectivity index (χ2v) is 9.95. The Hall–Kier alpha value is -2.14. The van der Waals surface area contributed by atoms with Crippen LogP contribution in [0.2, 0.25) is 0 Å². The normalized spacial score (nSPS) is 14.4. The van der Waals surface area contributed by atoms with Gasteiger partial charge in [0.1, 0.15) is 0 Å². The smallest absolute Gasteiger partial charge is 0.259 e. The van der Waals surface area contributed by atoms with Gasteiger partial charge in [-0.2, -0.15) is 0 Å². The Morgan fingerprint density at radius 1 is 1.12 bits per heavy atom. The second kappa shape index (κ2) is 6.54. The Bertz CT molecular complexity index is 955. The number of sulfone groups is 1. The number of carbonyl (C=O) groups excluding carboxylic acids is 1.